The fourth-order valence-corrected chi connectivity index (χ4v) is 0.805. The van der Waals surface area contributed by atoms with Gasteiger partial charge in [-0.15, -0.1) is 0 Å². The summed E-state index contributed by atoms with van der Waals surface area (Å²) in [5.74, 6) is 0. The lowest BCUT2D eigenvalue weighted by Gasteiger charge is -2.09. The molecule has 0 fully saturated rings. The lowest BCUT2D eigenvalue weighted by molar-refractivity contribution is -0.106. The Hall–Kier alpha value is -0.460. The first-order chi connectivity index (χ1) is 4.50. The highest BCUT2D eigenvalue weighted by molar-refractivity contribution is 7.87. The molecule has 0 amide bonds. The summed E-state index contributed by atoms with van der Waals surface area (Å²) in [5, 5.41) is 0. The monoisotopic (exact) mass is 166 g/mol. The highest BCUT2D eigenvalue weighted by Gasteiger charge is 2.10. The molecule has 0 radical (unpaired) electrons. The van der Waals surface area contributed by atoms with Crippen LogP contribution in [0.5, 0.6) is 0 Å². The summed E-state index contributed by atoms with van der Waals surface area (Å²) in [6, 6.07) is 0. The van der Waals surface area contributed by atoms with Gasteiger partial charge in [-0.05, 0) is 0 Å². The van der Waals surface area contributed by atoms with Gasteiger partial charge in [-0.25, -0.2) is 0 Å². The van der Waals surface area contributed by atoms with Gasteiger partial charge in [0.2, 0.25) is 0 Å². The van der Waals surface area contributed by atoms with Crippen molar-refractivity contribution in [1.29, 1.82) is 0 Å². The van der Waals surface area contributed by atoms with Crippen molar-refractivity contribution in [3.8, 4) is 0 Å². The highest BCUT2D eigenvalue weighted by atomic mass is 32.2. The molecule has 0 rings (SSSR count). The van der Waals surface area contributed by atoms with Crippen LogP contribution in [0.1, 0.15) is 0 Å². The number of aldehydes is 1. The van der Waals surface area contributed by atoms with Gasteiger partial charge in [0, 0.05) is 14.1 Å². The summed E-state index contributed by atoms with van der Waals surface area (Å²) in [5.41, 5.74) is 0. The zero-order valence-corrected chi connectivity index (χ0v) is 6.68. The minimum Gasteiger partial charge on any atom is -0.302 e. The fraction of sp³-hybridized carbons (Fsp3) is 0.750. The molecular formula is C4H10N2O3S. The summed E-state index contributed by atoms with van der Waals surface area (Å²) >= 11 is 0. The van der Waals surface area contributed by atoms with Crippen molar-refractivity contribution >= 4 is 16.5 Å². The Kier molecular flexibility index (Phi) is 3.48. The van der Waals surface area contributed by atoms with Crippen molar-refractivity contribution in [2.75, 3.05) is 20.6 Å². The molecule has 0 saturated heterocycles. The van der Waals surface area contributed by atoms with Gasteiger partial charge in [0.05, 0.1) is 6.54 Å². The molecule has 0 unspecified atom stereocenters. The summed E-state index contributed by atoms with van der Waals surface area (Å²) in [7, 11) is -0.644. The number of hydrogen-bond acceptors (Lipinski definition) is 3. The molecule has 0 aliphatic rings. The molecule has 0 aromatic heterocycles. The van der Waals surface area contributed by atoms with Crippen LogP contribution >= 0.6 is 0 Å². The van der Waals surface area contributed by atoms with Crippen LogP contribution in [0.15, 0.2) is 0 Å². The first kappa shape index (κ1) is 9.54. The second kappa shape index (κ2) is 3.65. The van der Waals surface area contributed by atoms with Crippen LogP contribution in [-0.4, -0.2) is 39.6 Å². The van der Waals surface area contributed by atoms with E-state index in [1.165, 1.54) is 14.1 Å². The molecule has 0 aliphatic carbocycles. The molecule has 0 atom stereocenters. The van der Waals surface area contributed by atoms with Gasteiger partial charge >= 0.3 is 0 Å². The SMILES string of the molecule is CN(C)S(=O)(=O)NCC=O. The Morgan fingerprint density at radius 1 is 1.50 bits per heavy atom. The molecule has 0 aromatic carbocycles. The first-order valence-electron chi connectivity index (χ1n) is 2.61. The Bertz CT molecular complexity index is 197. The number of carbonyl (C=O) groups excluding carboxylic acids is 1. The number of nitrogens with zero attached hydrogens (tertiary/aromatic N) is 1. The van der Waals surface area contributed by atoms with Crippen LogP contribution in [0.25, 0.3) is 0 Å². The third-order valence-corrected chi connectivity index (χ3v) is 2.32. The molecule has 1 N–H and O–H groups in total. The Labute approximate surface area is 60.2 Å². The van der Waals surface area contributed by atoms with E-state index in [1.54, 1.807) is 0 Å². The van der Waals surface area contributed by atoms with E-state index < -0.39 is 10.2 Å². The fourth-order valence-electron chi connectivity index (χ4n) is 0.268. The van der Waals surface area contributed by atoms with E-state index in [-0.39, 0.29) is 6.54 Å². The van der Waals surface area contributed by atoms with Crippen molar-refractivity contribution < 1.29 is 13.2 Å². The second-order valence-corrected chi connectivity index (χ2v) is 3.77. The van der Waals surface area contributed by atoms with Crippen molar-refractivity contribution in [3.05, 3.63) is 0 Å². The molecule has 5 nitrogen and oxygen atoms in total. The number of hydrogen-bond donors (Lipinski definition) is 1. The highest BCUT2D eigenvalue weighted by Crippen LogP contribution is 1.84. The minimum absolute atomic E-state index is 0.180. The summed E-state index contributed by atoms with van der Waals surface area (Å²) in [4.78, 5) is 9.73. The van der Waals surface area contributed by atoms with Crippen molar-refractivity contribution in [2.45, 2.75) is 0 Å². The first-order valence-corrected chi connectivity index (χ1v) is 4.05. The van der Waals surface area contributed by atoms with Gasteiger partial charge in [0.25, 0.3) is 10.2 Å². The average molecular weight is 166 g/mol. The normalized spacial score (nSPS) is 11.9. The van der Waals surface area contributed by atoms with E-state index >= 15 is 0 Å². The van der Waals surface area contributed by atoms with E-state index in [1.807, 2.05) is 4.72 Å². The zero-order chi connectivity index (χ0) is 8.20. The van der Waals surface area contributed by atoms with Crippen LogP contribution in [-0.2, 0) is 15.0 Å². The van der Waals surface area contributed by atoms with Crippen LogP contribution < -0.4 is 4.72 Å². The molecule has 0 heterocycles. The third-order valence-electron chi connectivity index (χ3n) is 0.830. The van der Waals surface area contributed by atoms with Crippen molar-refractivity contribution in [1.82, 2.24) is 9.03 Å². The predicted octanol–water partition coefficient (Wildman–Crippen LogP) is -1.42. The third kappa shape index (κ3) is 2.90. The molecule has 0 aliphatic heterocycles. The quantitative estimate of drug-likeness (QED) is 0.521. The standard InChI is InChI=1S/C4H10N2O3S/c1-6(2)10(8,9)5-3-4-7/h4-5H,3H2,1-2H3. The predicted molar refractivity (Wildman–Crippen MR) is 36.7 cm³/mol. The Morgan fingerprint density at radius 2 is 2.00 bits per heavy atom. The average Bonchev–Trinajstić information content (AvgIpc) is 1.84. The van der Waals surface area contributed by atoms with Gasteiger partial charge in [0.1, 0.15) is 6.29 Å². The number of rotatable bonds is 4. The maximum Gasteiger partial charge on any atom is 0.279 e. The molecule has 6 heteroatoms. The molecule has 0 saturated carbocycles. The molecule has 0 aromatic rings. The number of nitrogens with one attached hydrogen (secondary N) is 1. The Balaban J connectivity index is 4.02. The van der Waals surface area contributed by atoms with Crippen molar-refractivity contribution in [3.63, 3.8) is 0 Å². The largest absolute Gasteiger partial charge is 0.302 e. The number of carbonyl (C=O) groups is 1. The van der Waals surface area contributed by atoms with Gasteiger partial charge < -0.3 is 4.79 Å². The van der Waals surface area contributed by atoms with Crippen LogP contribution in [0.2, 0.25) is 0 Å². The second-order valence-electron chi connectivity index (χ2n) is 1.80. The van der Waals surface area contributed by atoms with Gasteiger partial charge in [-0.1, -0.05) is 0 Å². The van der Waals surface area contributed by atoms with E-state index in [9.17, 15) is 13.2 Å². The van der Waals surface area contributed by atoms with Crippen LogP contribution in [0.3, 0.4) is 0 Å². The van der Waals surface area contributed by atoms with E-state index in [0.717, 1.165) is 4.31 Å². The topological polar surface area (TPSA) is 66.5 Å². The van der Waals surface area contributed by atoms with Crippen LogP contribution in [0, 0.1) is 0 Å². The van der Waals surface area contributed by atoms with E-state index in [0.29, 0.717) is 6.29 Å². The maximum atomic E-state index is 10.7. The molecule has 0 bridgehead atoms. The lowest BCUT2D eigenvalue weighted by Crippen LogP contribution is -2.36. The maximum absolute atomic E-state index is 10.7. The summed E-state index contributed by atoms with van der Waals surface area (Å²) < 4.78 is 24.5. The van der Waals surface area contributed by atoms with Crippen molar-refractivity contribution in [2.24, 2.45) is 0 Å². The minimum atomic E-state index is -3.41. The molecule has 10 heavy (non-hydrogen) atoms. The lowest BCUT2D eigenvalue weighted by atomic mass is 10.8. The summed E-state index contributed by atoms with van der Waals surface area (Å²) in [6.07, 6.45) is 0.487. The van der Waals surface area contributed by atoms with Gasteiger partial charge in [-0.2, -0.15) is 17.4 Å². The van der Waals surface area contributed by atoms with Gasteiger partial charge in [0.15, 0.2) is 0 Å². The molecular weight excluding hydrogens is 156 g/mol. The summed E-state index contributed by atoms with van der Waals surface area (Å²) in [6.45, 7) is -0.180. The molecule has 0 spiro atoms. The zero-order valence-electron chi connectivity index (χ0n) is 5.86. The van der Waals surface area contributed by atoms with E-state index in [2.05, 4.69) is 0 Å². The Morgan fingerprint density at radius 3 is 2.30 bits per heavy atom. The molecule has 60 valence electrons. The van der Waals surface area contributed by atoms with E-state index in [4.69, 9.17) is 0 Å². The van der Waals surface area contributed by atoms with Crippen LogP contribution in [0.4, 0.5) is 0 Å². The van der Waals surface area contributed by atoms with Gasteiger partial charge in [-0.3, -0.25) is 0 Å². The smallest absolute Gasteiger partial charge is 0.279 e.